The van der Waals surface area contributed by atoms with Crippen molar-refractivity contribution < 1.29 is 9.90 Å². The third kappa shape index (κ3) is 3.13. The van der Waals surface area contributed by atoms with Gasteiger partial charge in [0.25, 0.3) is 5.91 Å². The van der Waals surface area contributed by atoms with Crippen LogP contribution >= 0.6 is 11.6 Å². The van der Waals surface area contributed by atoms with E-state index < -0.39 is 0 Å². The lowest BCUT2D eigenvalue weighted by Crippen LogP contribution is -2.29. The normalized spacial score (nSPS) is 17.7. The van der Waals surface area contributed by atoms with Crippen LogP contribution in [0.15, 0.2) is 42.6 Å². The summed E-state index contributed by atoms with van der Waals surface area (Å²) >= 11 is 6.04. The molecule has 1 saturated heterocycles. The molecular formula is C17H17ClN2O2. The fourth-order valence-electron chi connectivity index (χ4n) is 2.83. The lowest BCUT2D eigenvalue weighted by Gasteiger charge is -2.16. The van der Waals surface area contributed by atoms with Gasteiger partial charge >= 0.3 is 0 Å². The van der Waals surface area contributed by atoms with E-state index >= 15 is 0 Å². The molecule has 1 amide bonds. The third-order valence-corrected chi connectivity index (χ3v) is 4.26. The molecule has 0 aliphatic carbocycles. The maximum atomic E-state index is 12.5. The van der Waals surface area contributed by atoms with E-state index in [-0.39, 0.29) is 12.5 Å². The number of hydrogen-bond donors (Lipinski definition) is 1. The Balaban J connectivity index is 1.73. The molecule has 0 spiro atoms. The number of carbonyl (C=O) groups is 1. The number of pyridine rings is 1. The van der Waals surface area contributed by atoms with Crippen LogP contribution < -0.4 is 0 Å². The van der Waals surface area contributed by atoms with Crippen molar-refractivity contribution in [1.29, 1.82) is 0 Å². The molecule has 0 saturated carbocycles. The number of aliphatic hydroxyl groups excluding tert-OH is 1. The van der Waals surface area contributed by atoms with Gasteiger partial charge in [0.2, 0.25) is 0 Å². The van der Waals surface area contributed by atoms with Gasteiger partial charge in [-0.05, 0) is 41.8 Å². The molecule has 1 atom stereocenters. The number of carbonyl (C=O) groups excluding carboxylic acids is 1. The van der Waals surface area contributed by atoms with Crippen molar-refractivity contribution in [2.75, 3.05) is 13.1 Å². The Morgan fingerprint density at radius 2 is 2.23 bits per heavy atom. The summed E-state index contributed by atoms with van der Waals surface area (Å²) in [6, 6.07) is 11.2. The molecule has 0 bridgehead atoms. The van der Waals surface area contributed by atoms with E-state index in [9.17, 15) is 4.79 Å². The summed E-state index contributed by atoms with van der Waals surface area (Å²) in [6.07, 6.45) is 2.48. The third-order valence-electron chi connectivity index (χ3n) is 4.02. The molecule has 1 N–H and O–H groups in total. The molecule has 1 aliphatic rings. The summed E-state index contributed by atoms with van der Waals surface area (Å²) in [5, 5.41) is 9.88. The Morgan fingerprint density at radius 3 is 3.00 bits per heavy atom. The van der Waals surface area contributed by atoms with Gasteiger partial charge in [-0.2, -0.15) is 0 Å². The van der Waals surface area contributed by atoms with Crippen LogP contribution in [0.1, 0.15) is 34.0 Å². The number of halogens is 1. The van der Waals surface area contributed by atoms with Crippen LogP contribution in [0.25, 0.3) is 0 Å². The van der Waals surface area contributed by atoms with E-state index in [0.29, 0.717) is 30.3 Å². The second kappa shape index (κ2) is 6.46. The Kier molecular flexibility index (Phi) is 4.41. The van der Waals surface area contributed by atoms with Crippen molar-refractivity contribution in [1.82, 2.24) is 9.88 Å². The maximum Gasteiger partial charge on any atom is 0.272 e. The predicted molar refractivity (Wildman–Crippen MR) is 84.9 cm³/mol. The van der Waals surface area contributed by atoms with Gasteiger partial charge in [-0.25, -0.2) is 0 Å². The highest BCUT2D eigenvalue weighted by Gasteiger charge is 2.28. The van der Waals surface area contributed by atoms with Gasteiger partial charge in [-0.15, -0.1) is 0 Å². The van der Waals surface area contributed by atoms with Crippen molar-refractivity contribution >= 4 is 17.5 Å². The van der Waals surface area contributed by atoms with Gasteiger partial charge in [0, 0.05) is 30.2 Å². The minimum absolute atomic E-state index is 0.0835. The molecule has 114 valence electrons. The Bertz CT molecular complexity index is 690. The number of benzene rings is 1. The number of likely N-dealkylation sites (tertiary alicyclic amines) is 1. The number of rotatable bonds is 3. The van der Waals surface area contributed by atoms with Crippen molar-refractivity contribution in [2.45, 2.75) is 18.9 Å². The Morgan fingerprint density at radius 1 is 1.36 bits per heavy atom. The summed E-state index contributed by atoms with van der Waals surface area (Å²) < 4.78 is 0. The molecular weight excluding hydrogens is 300 g/mol. The molecule has 22 heavy (non-hydrogen) atoms. The first-order valence-electron chi connectivity index (χ1n) is 7.28. The zero-order valence-corrected chi connectivity index (χ0v) is 12.8. The van der Waals surface area contributed by atoms with Gasteiger partial charge in [-0.1, -0.05) is 23.7 Å². The Labute approximate surface area is 134 Å². The second-order valence-electron chi connectivity index (χ2n) is 5.50. The van der Waals surface area contributed by atoms with Crippen molar-refractivity contribution in [3.05, 3.63) is 64.4 Å². The fourth-order valence-corrected chi connectivity index (χ4v) is 3.03. The number of amides is 1. The smallest absolute Gasteiger partial charge is 0.272 e. The molecule has 1 aromatic heterocycles. The Hall–Kier alpha value is -1.91. The lowest BCUT2D eigenvalue weighted by molar-refractivity contribution is 0.0785. The molecule has 2 aromatic rings. The highest BCUT2D eigenvalue weighted by Crippen LogP contribution is 2.29. The molecule has 1 unspecified atom stereocenters. The van der Waals surface area contributed by atoms with Gasteiger partial charge in [0.15, 0.2) is 0 Å². The van der Waals surface area contributed by atoms with Crippen LogP contribution in [-0.2, 0) is 6.61 Å². The van der Waals surface area contributed by atoms with E-state index in [1.54, 1.807) is 18.3 Å². The van der Waals surface area contributed by atoms with Crippen LogP contribution in [0.5, 0.6) is 0 Å². The van der Waals surface area contributed by atoms with Gasteiger partial charge in [-0.3, -0.25) is 9.78 Å². The minimum atomic E-state index is -0.0893. The molecule has 2 heterocycles. The molecule has 1 fully saturated rings. The largest absolute Gasteiger partial charge is 0.392 e. The van der Waals surface area contributed by atoms with E-state index in [1.165, 1.54) is 5.56 Å². The quantitative estimate of drug-likeness (QED) is 0.947. The zero-order valence-electron chi connectivity index (χ0n) is 12.1. The van der Waals surface area contributed by atoms with E-state index in [0.717, 1.165) is 11.4 Å². The number of nitrogens with zero attached hydrogens (tertiary/aromatic N) is 2. The van der Waals surface area contributed by atoms with Gasteiger partial charge in [0.05, 0.1) is 6.61 Å². The van der Waals surface area contributed by atoms with Crippen LogP contribution in [0.2, 0.25) is 5.02 Å². The first-order chi connectivity index (χ1) is 10.7. The van der Waals surface area contributed by atoms with E-state index in [1.807, 2.05) is 23.1 Å². The van der Waals surface area contributed by atoms with Crippen LogP contribution in [0.4, 0.5) is 0 Å². The first-order valence-corrected chi connectivity index (χ1v) is 7.65. The zero-order chi connectivity index (χ0) is 15.5. The first kappa shape index (κ1) is 15.0. The molecule has 0 radical (unpaired) electrons. The van der Waals surface area contributed by atoms with Gasteiger partial charge < -0.3 is 10.0 Å². The highest BCUT2D eigenvalue weighted by molar-refractivity contribution is 6.30. The summed E-state index contributed by atoms with van der Waals surface area (Å²) in [4.78, 5) is 18.4. The van der Waals surface area contributed by atoms with E-state index in [4.69, 9.17) is 16.7 Å². The average Bonchev–Trinajstić information content (AvgIpc) is 3.04. The topological polar surface area (TPSA) is 53.4 Å². The van der Waals surface area contributed by atoms with E-state index in [2.05, 4.69) is 11.1 Å². The van der Waals surface area contributed by atoms with Crippen molar-refractivity contribution in [3.63, 3.8) is 0 Å². The SMILES string of the molecule is O=C(c1cc(CO)ccn1)N1CCC(c2cccc(Cl)c2)C1. The fraction of sp³-hybridized carbons (Fsp3) is 0.294. The number of hydrogen-bond acceptors (Lipinski definition) is 3. The van der Waals surface area contributed by atoms with Crippen LogP contribution in [-0.4, -0.2) is 34.0 Å². The second-order valence-corrected chi connectivity index (χ2v) is 5.94. The predicted octanol–water partition coefficient (Wildman–Crippen LogP) is 2.86. The summed E-state index contributed by atoms with van der Waals surface area (Å²) in [6.45, 7) is 1.29. The lowest BCUT2D eigenvalue weighted by atomic mass is 9.99. The molecule has 3 rings (SSSR count). The summed E-state index contributed by atoms with van der Waals surface area (Å²) in [7, 11) is 0. The number of aliphatic hydroxyl groups is 1. The van der Waals surface area contributed by atoms with Crippen molar-refractivity contribution in [2.24, 2.45) is 0 Å². The standard InChI is InChI=1S/C17H17ClN2O2/c18-15-3-1-2-13(9-15)14-5-7-20(10-14)17(22)16-8-12(11-21)4-6-19-16/h1-4,6,8-9,14,21H,5,7,10-11H2. The van der Waals surface area contributed by atoms with Crippen LogP contribution in [0.3, 0.4) is 0 Å². The van der Waals surface area contributed by atoms with Crippen molar-refractivity contribution in [3.8, 4) is 0 Å². The van der Waals surface area contributed by atoms with Crippen LogP contribution in [0, 0.1) is 0 Å². The molecule has 5 heteroatoms. The highest BCUT2D eigenvalue weighted by atomic mass is 35.5. The average molecular weight is 317 g/mol. The molecule has 1 aromatic carbocycles. The maximum absolute atomic E-state index is 12.5. The summed E-state index contributed by atoms with van der Waals surface area (Å²) in [5.74, 6) is 0.225. The minimum Gasteiger partial charge on any atom is -0.392 e. The summed E-state index contributed by atoms with van der Waals surface area (Å²) in [5.41, 5.74) is 2.25. The monoisotopic (exact) mass is 316 g/mol. The van der Waals surface area contributed by atoms with Gasteiger partial charge in [0.1, 0.15) is 5.69 Å². The molecule has 1 aliphatic heterocycles. The molecule has 4 nitrogen and oxygen atoms in total. The number of aromatic nitrogens is 1.